The molecule has 0 heterocycles. The van der Waals surface area contributed by atoms with E-state index in [1.165, 1.54) is 103 Å². The third-order valence-corrected chi connectivity index (χ3v) is 14.5. The topological polar surface area (TPSA) is 114 Å². The lowest BCUT2D eigenvalue weighted by Crippen LogP contribution is -2.47. The second kappa shape index (κ2) is 59.3. The van der Waals surface area contributed by atoms with E-state index in [4.69, 9.17) is 13.8 Å². The predicted molar refractivity (Wildman–Crippen MR) is 348 cm³/mol. The van der Waals surface area contributed by atoms with Crippen molar-refractivity contribution in [1.29, 1.82) is 0 Å². The van der Waals surface area contributed by atoms with E-state index in [-0.39, 0.29) is 31.3 Å². The van der Waals surface area contributed by atoms with Gasteiger partial charge in [-0.05, 0) is 115 Å². The van der Waals surface area contributed by atoms with Crippen LogP contribution in [0.3, 0.4) is 0 Å². The third kappa shape index (κ3) is 60.6. The van der Waals surface area contributed by atoms with Gasteiger partial charge in [0, 0.05) is 12.8 Å². The van der Waals surface area contributed by atoms with Gasteiger partial charge < -0.3 is 28.5 Å². The Morgan fingerprint density at radius 3 is 1.23 bits per heavy atom. The molecule has 0 radical (unpaired) electrons. The first-order valence-corrected chi connectivity index (χ1v) is 34.0. The van der Waals surface area contributed by atoms with Crippen molar-refractivity contribution >= 4 is 19.7 Å². The van der Waals surface area contributed by atoms with Crippen LogP contribution in [0, 0.1) is 0 Å². The van der Waals surface area contributed by atoms with Gasteiger partial charge >= 0.3 is 5.97 Å². The normalized spacial score (nSPS) is 14.5. The van der Waals surface area contributed by atoms with Crippen molar-refractivity contribution in [2.24, 2.45) is 0 Å². The zero-order valence-corrected chi connectivity index (χ0v) is 53.6. The maximum atomic E-state index is 13.5. The minimum Gasteiger partial charge on any atom is -0.756 e. The van der Waals surface area contributed by atoms with E-state index >= 15 is 0 Å². The Hall–Kier alpha value is -3.85. The van der Waals surface area contributed by atoms with E-state index in [2.05, 4.69) is 135 Å². The molecule has 0 aliphatic rings. The summed E-state index contributed by atoms with van der Waals surface area (Å²) in [5.41, 5.74) is 0. The van der Waals surface area contributed by atoms with Gasteiger partial charge in [-0.2, -0.15) is 0 Å². The number of allylic oxidation sites excluding steroid dienone is 21. The number of carbonyl (C=O) groups is 2. The molecule has 0 saturated heterocycles. The zero-order chi connectivity index (χ0) is 59.3. The molecule has 1 N–H and O–H groups in total. The minimum atomic E-state index is -4.73. The van der Waals surface area contributed by atoms with Gasteiger partial charge in [0.1, 0.15) is 19.3 Å². The van der Waals surface area contributed by atoms with Gasteiger partial charge in [0.15, 0.2) is 0 Å². The molecule has 81 heavy (non-hydrogen) atoms. The fourth-order valence-electron chi connectivity index (χ4n) is 8.59. The molecule has 0 rings (SSSR count). The van der Waals surface area contributed by atoms with Crippen LogP contribution in [0.15, 0.2) is 134 Å². The summed E-state index contributed by atoms with van der Waals surface area (Å²) in [6, 6.07) is -0.944. The maximum Gasteiger partial charge on any atom is 0.306 e. The first kappa shape index (κ1) is 77.2. The molecule has 0 aromatic rings. The Bertz CT molecular complexity index is 1850. The number of likely N-dealkylation sites (N-methyl/N-ethyl adjacent to an activating group) is 1. The minimum absolute atomic E-state index is 0.0450. The molecule has 0 fully saturated rings. The fraction of sp³-hybridized carbons (Fsp3) is 0.662. The number of amides is 1. The monoisotopic (exact) mass is 1140 g/mol. The molecule has 1 amide bonds. The third-order valence-electron chi connectivity index (χ3n) is 13.6. The van der Waals surface area contributed by atoms with Crippen LogP contribution in [0.4, 0.5) is 0 Å². The number of nitrogens with zero attached hydrogens (tertiary/aromatic N) is 1. The molecular formula is C71H121N2O7P. The molecule has 0 aromatic carbocycles. The van der Waals surface area contributed by atoms with E-state index in [0.29, 0.717) is 23.9 Å². The molecular weight excluding hydrogens is 1020 g/mol. The van der Waals surface area contributed by atoms with Gasteiger partial charge in [-0.3, -0.25) is 14.2 Å². The Kier molecular flexibility index (Phi) is 56.5. The van der Waals surface area contributed by atoms with Gasteiger partial charge in [-0.1, -0.05) is 258 Å². The molecule has 462 valence electrons. The van der Waals surface area contributed by atoms with Crippen molar-refractivity contribution in [3.8, 4) is 0 Å². The summed E-state index contributed by atoms with van der Waals surface area (Å²) in [5, 5.41) is 2.98. The Morgan fingerprint density at radius 2 is 0.802 bits per heavy atom. The second-order valence-corrected chi connectivity index (χ2v) is 23.9. The number of quaternary nitrogens is 1. The van der Waals surface area contributed by atoms with Crippen LogP contribution in [-0.4, -0.2) is 69.4 Å². The van der Waals surface area contributed by atoms with Gasteiger partial charge in [0.05, 0.1) is 33.8 Å². The summed E-state index contributed by atoms with van der Waals surface area (Å²) in [7, 11) is 1.11. The number of rotatable bonds is 57. The Labute approximate surface area is 498 Å². The lowest BCUT2D eigenvalue weighted by Gasteiger charge is -2.30. The summed E-state index contributed by atoms with van der Waals surface area (Å²) in [6.45, 7) is 6.63. The Balaban J connectivity index is 5.37. The number of nitrogens with one attached hydrogen (secondary N) is 1. The van der Waals surface area contributed by atoms with Crippen molar-refractivity contribution in [1.82, 2.24) is 5.32 Å². The number of carbonyl (C=O) groups excluding carboxylic acids is 2. The number of phosphoric ester groups is 1. The van der Waals surface area contributed by atoms with E-state index in [0.717, 1.165) is 103 Å². The van der Waals surface area contributed by atoms with Crippen LogP contribution >= 0.6 is 7.82 Å². The average molecular weight is 1150 g/mol. The van der Waals surface area contributed by atoms with Crippen LogP contribution in [0.1, 0.15) is 252 Å². The van der Waals surface area contributed by atoms with Crippen LogP contribution in [0.25, 0.3) is 0 Å². The summed E-state index contributed by atoms with van der Waals surface area (Å²) in [5.74, 6) is -0.658. The highest BCUT2D eigenvalue weighted by Crippen LogP contribution is 2.38. The van der Waals surface area contributed by atoms with Crippen LogP contribution in [0.2, 0.25) is 0 Å². The van der Waals surface area contributed by atoms with Crippen molar-refractivity contribution < 1.29 is 37.3 Å². The van der Waals surface area contributed by atoms with Gasteiger partial charge in [-0.15, -0.1) is 0 Å². The molecule has 9 nitrogen and oxygen atoms in total. The molecule has 0 saturated carbocycles. The van der Waals surface area contributed by atoms with Crippen molar-refractivity contribution in [2.75, 3.05) is 40.9 Å². The van der Waals surface area contributed by atoms with Crippen LogP contribution < -0.4 is 10.2 Å². The Morgan fingerprint density at radius 1 is 0.444 bits per heavy atom. The molecule has 3 atom stereocenters. The van der Waals surface area contributed by atoms with E-state index in [9.17, 15) is 19.0 Å². The van der Waals surface area contributed by atoms with E-state index in [1.807, 2.05) is 45.4 Å². The van der Waals surface area contributed by atoms with Gasteiger partial charge in [-0.25, -0.2) is 0 Å². The van der Waals surface area contributed by atoms with Crippen LogP contribution in [-0.2, 0) is 27.9 Å². The SMILES string of the molecule is CC/C=C\C/C=C\C/C=C\C/C=C\C/C=C\C/C=C\CCC(=O)NC(COP(=O)([O-])OCC[N+](C)(C)C)C(/C=C/CCCCCCCCCCCCC)OC(=O)CCCCCCCCC/C=C\C/C=C\C/C=C\C/C=C\CCCCC. The molecule has 0 aliphatic carbocycles. The summed E-state index contributed by atoms with van der Waals surface area (Å²) < 4.78 is 30.3. The largest absolute Gasteiger partial charge is 0.756 e. The number of phosphoric acid groups is 1. The van der Waals surface area contributed by atoms with Crippen molar-refractivity contribution in [3.63, 3.8) is 0 Å². The first-order chi connectivity index (χ1) is 39.4. The first-order valence-electron chi connectivity index (χ1n) is 32.5. The van der Waals surface area contributed by atoms with E-state index in [1.54, 1.807) is 0 Å². The maximum absolute atomic E-state index is 13.5. The number of ether oxygens (including phenoxy) is 1. The molecule has 0 aromatic heterocycles. The number of esters is 1. The van der Waals surface area contributed by atoms with Crippen molar-refractivity contribution in [2.45, 2.75) is 264 Å². The molecule has 0 aliphatic heterocycles. The highest BCUT2D eigenvalue weighted by molar-refractivity contribution is 7.45. The lowest BCUT2D eigenvalue weighted by atomic mass is 10.0. The summed E-state index contributed by atoms with van der Waals surface area (Å²) in [6.07, 6.45) is 84.4. The standard InChI is InChI=1S/C71H121N2O7P/c1-7-10-13-16-19-22-25-28-30-32-34-35-36-37-39-41-43-46-49-52-55-58-61-64-71(75)80-69(62-59-56-53-50-47-44-27-24-21-18-15-12-9-3)68(67-79-81(76,77)78-66-65-73(4,5)6)72-70(74)63-60-57-54-51-48-45-42-40-38-33-31-29-26-23-20-17-14-11-8-2/h11,14,19-20,22-23,28-31,34-35,37-40,45,48,54,57,59,62,68-69H,7-10,12-13,15-18,21,24-27,32-33,36,41-44,46-47,49-53,55-56,58,60-61,63-67H2,1-6H3,(H-,72,74,76,77)/b14-11-,22-19-,23-20-,30-28-,31-29-,35-34-,39-37-,40-38-,48-45-,57-54-,62-59+. The predicted octanol–water partition coefficient (Wildman–Crippen LogP) is 19.8. The highest BCUT2D eigenvalue weighted by atomic mass is 31.2. The molecule has 3 unspecified atom stereocenters. The fourth-order valence-corrected chi connectivity index (χ4v) is 9.31. The smallest absolute Gasteiger partial charge is 0.306 e. The number of hydrogen-bond acceptors (Lipinski definition) is 7. The zero-order valence-electron chi connectivity index (χ0n) is 52.7. The van der Waals surface area contributed by atoms with Crippen molar-refractivity contribution in [3.05, 3.63) is 134 Å². The summed E-state index contributed by atoms with van der Waals surface area (Å²) >= 11 is 0. The quantitative estimate of drug-likeness (QED) is 0.0212. The molecule has 0 spiro atoms. The van der Waals surface area contributed by atoms with Crippen LogP contribution in [0.5, 0.6) is 0 Å². The second-order valence-electron chi connectivity index (χ2n) is 22.5. The number of unbranched alkanes of at least 4 members (excludes halogenated alkanes) is 21. The van der Waals surface area contributed by atoms with Gasteiger partial charge in [0.25, 0.3) is 7.82 Å². The molecule has 0 bridgehead atoms. The molecule has 10 heteroatoms. The number of hydrogen-bond donors (Lipinski definition) is 1. The highest BCUT2D eigenvalue weighted by Gasteiger charge is 2.27. The van der Waals surface area contributed by atoms with E-state index < -0.39 is 26.6 Å². The lowest BCUT2D eigenvalue weighted by molar-refractivity contribution is -0.870. The summed E-state index contributed by atoms with van der Waals surface area (Å²) in [4.78, 5) is 40.0. The average Bonchev–Trinajstić information content (AvgIpc) is 3.44. The van der Waals surface area contributed by atoms with Gasteiger partial charge in [0.2, 0.25) is 5.91 Å².